The summed E-state index contributed by atoms with van der Waals surface area (Å²) in [5.74, 6) is 0.769. The Hall–Kier alpha value is -1.48. The molecule has 0 amide bonds. The van der Waals surface area contributed by atoms with Crippen molar-refractivity contribution in [2.24, 2.45) is 5.92 Å². The van der Waals surface area contributed by atoms with Gasteiger partial charge >= 0.3 is 0 Å². The summed E-state index contributed by atoms with van der Waals surface area (Å²) in [6, 6.07) is 8.51. The number of para-hydroxylation sites is 2. The lowest BCUT2D eigenvalue weighted by Crippen LogP contribution is -2.27. The molecule has 0 fully saturated rings. The van der Waals surface area contributed by atoms with Gasteiger partial charge in [0.15, 0.2) is 0 Å². The van der Waals surface area contributed by atoms with Gasteiger partial charge in [-0.3, -0.25) is 4.98 Å². The van der Waals surface area contributed by atoms with Crippen LogP contribution >= 0.6 is 0 Å². The molecular weight excluding hydrogens is 234 g/mol. The molecule has 1 N–H and O–H groups in total. The van der Waals surface area contributed by atoms with Crippen LogP contribution in [0, 0.1) is 5.92 Å². The fourth-order valence-electron chi connectivity index (χ4n) is 2.21. The van der Waals surface area contributed by atoms with E-state index in [4.69, 9.17) is 0 Å². The summed E-state index contributed by atoms with van der Waals surface area (Å²) in [7, 11) is 0. The van der Waals surface area contributed by atoms with Gasteiger partial charge in [-0.15, -0.1) is 0 Å². The Balaban J connectivity index is 1.94. The topological polar surface area (TPSA) is 37.8 Å². The third-order valence-electron chi connectivity index (χ3n) is 3.58. The van der Waals surface area contributed by atoms with Crippen LogP contribution in [0.1, 0.15) is 39.3 Å². The number of fused-ring (bicyclic) bond motifs is 1. The zero-order valence-electron chi connectivity index (χ0n) is 12.1. The van der Waals surface area contributed by atoms with E-state index in [2.05, 4.69) is 36.1 Å². The Morgan fingerprint density at radius 3 is 2.63 bits per heavy atom. The highest BCUT2D eigenvalue weighted by atomic mass is 14.9. The molecule has 0 aliphatic rings. The molecule has 1 heterocycles. The molecule has 0 aliphatic heterocycles. The molecule has 102 valence electrons. The van der Waals surface area contributed by atoms with Gasteiger partial charge in [0.2, 0.25) is 0 Å². The Bertz CT molecular complexity index is 524. The van der Waals surface area contributed by atoms with Crippen LogP contribution in [0.2, 0.25) is 0 Å². The van der Waals surface area contributed by atoms with Crippen LogP contribution in [0.15, 0.2) is 30.5 Å². The number of hydrogen-bond donors (Lipinski definition) is 1. The number of aromatic nitrogens is 2. The molecule has 3 nitrogen and oxygen atoms in total. The smallest absolute Gasteiger partial charge is 0.0890 e. The molecule has 0 saturated carbocycles. The molecule has 19 heavy (non-hydrogen) atoms. The Labute approximate surface area is 115 Å². The van der Waals surface area contributed by atoms with E-state index in [1.807, 2.05) is 30.5 Å². The molecule has 2 rings (SSSR count). The third-order valence-corrected chi connectivity index (χ3v) is 3.58. The molecule has 1 aromatic carbocycles. The van der Waals surface area contributed by atoms with Gasteiger partial charge in [-0.05, 0) is 31.4 Å². The van der Waals surface area contributed by atoms with Crippen molar-refractivity contribution in [3.8, 4) is 0 Å². The van der Waals surface area contributed by atoms with Crippen LogP contribution in [0.3, 0.4) is 0 Å². The van der Waals surface area contributed by atoms with E-state index in [1.165, 1.54) is 12.8 Å². The van der Waals surface area contributed by atoms with Crippen LogP contribution in [0.4, 0.5) is 0 Å². The zero-order valence-corrected chi connectivity index (χ0v) is 12.1. The SMILES string of the molecule is CCC(C)CC(C)NCc1cnc2ccccc2n1. The number of nitrogens with one attached hydrogen (secondary N) is 1. The molecular formula is C16H23N3. The summed E-state index contributed by atoms with van der Waals surface area (Å²) in [4.78, 5) is 9.06. The van der Waals surface area contributed by atoms with Gasteiger partial charge in [-0.25, -0.2) is 4.98 Å². The summed E-state index contributed by atoms with van der Waals surface area (Å²) in [5.41, 5.74) is 2.94. The molecule has 0 aliphatic carbocycles. The van der Waals surface area contributed by atoms with E-state index in [9.17, 15) is 0 Å². The largest absolute Gasteiger partial charge is 0.309 e. The first-order valence-electron chi connectivity index (χ1n) is 7.13. The summed E-state index contributed by atoms with van der Waals surface area (Å²) in [6.45, 7) is 7.57. The maximum atomic E-state index is 4.62. The van der Waals surface area contributed by atoms with Crippen molar-refractivity contribution in [3.63, 3.8) is 0 Å². The van der Waals surface area contributed by atoms with E-state index in [0.717, 1.165) is 29.2 Å². The second kappa shape index (κ2) is 6.62. The van der Waals surface area contributed by atoms with Crippen LogP contribution in [0.5, 0.6) is 0 Å². The van der Waals surface area contributed by atoms with E-state index in [1.54, 1.807) is 0 Å². The summed E-state index contributed by atoms with van der Waals surface area (Å²) < 4.78 is 0. The van der Waals surface area contributed by atoms with Crippen LogP contribution in [-0.4, -0.2) is 16.0 Å². The molecule has 0 spiro atoms. The van der Waals surface area contributed by atoms with Crippen molar-refractivity contribution in [2.45, 2.75) is 46.2 Å². The second-order valence-electron chi connectivity index (χ2n) is 5.38. The van der Waals surface area contributed by atoms with Crippen molar-refractivity contribution >= 4 is 11.0 Å². The first-order valence-corrected chi connectivity index (χ1v) is 7.13. The molecule has 0 bridgehead atoms. The van der Waals surface area contributed by atoms with Crippen molar-refractivity contribution in [1.29, 1.82) is 0 Å². The number of benzene rings is 1. The normalized spacial score (nSPS) is 14.5. The van der Waals surface area contributed by atoms with Crippen LogP contribution < -0.4 is 5.32 Å². The fourth-order valence-corrected chi connectivity index (χ4v) is 2.21. The Kier molecular flexibility index (Phi) is 4.86. The monoisotopic (exact) mass is 257 g/mol. The number of rotatable bonds is 6. The van der Waals surface area contributed by atoms with Gasteiger partial charge in [-0.2, -0.15) is 0 Å². The predicted molar refractivity (Wildman–Crippen MR) is 79.9 cm³/mol. The average molecular weight is 257 g/mol. The lowest BCUT2D eigenvalue weighted by molar-refractivity contribution is 0.410. The van der Waals surface area contributed by atoms with E-state index in [-0.39, 0.29) is 0 Å². The van der Waals surface area contributed by atoms with Gasteiger partial charge in [0.25, 0.3) is 0 Å². The van der Waals surface area contributed by atoms with E-state index < -0.39 is 0 Å². The lowest BCUT2D eigenvalue weighted by Gasteiger charge is -2.17. The van der Waals surface area contributed by atoms with Crippen molar-refractivity contribution in [2.75, 3.05) is 0 Å². The highest BCUT2D eigenvalue weighted by Crippen LogP contribution is 2.11. The number of hydrogen-bond acceptors (Lipinski definition) is 3. The van der Waals surface area contributed by atoms with Gasteiger partial charge in [0.1, 0.15) is 0 Å². The van der Waals surface area contributed by atoms with E-state index >= 15 is 0 Å². The minimum Gasteiger partial charge on any atom is -0.309 e. The Morgan fingerprint density at radius 1 is 1.16 bits per heavy atom. The first kappa shape index (κ1) is 13.9. The first-order chi connectivity index (χ1) is 9.19. The molecule has 2 aromatic rings. The molecule has 1 aromatic heterocycles. The molecule has 3 heteroatoms. The van der Waals surface area contributed by atoms with Crippen molar-refractivity contribution in [3.05, 3.63) is 36.2 Å². The summed E-state index contributed by atoms with van der Waals surface area (Å²) >= 11 is 0. The molecule has 0 saturated heterocycles. The highest BCUT2D eigenvalue weighted by Gasteiger charge is 2.07. The maximum Gasteiger partial charge on any atom is 0.0890 e. The van der Waals surface area contributed by atoms with Gasteiger partial charge in [0.05, 0.1) is 22.9 Å². The average Bonchev–Trinajstić information content (AvgIpc) is 2.44. The van der Waals surface area contributed by atoms with Gasteiger partial charge in [0, 0.05) is 12.6 Å². The van der Waals surface area contributed by atoms with Crippen molar-refractivity contribution in [1.82, 2.24) is 15.3 Å². The minimum absolute atomic E-state index is 0.517. The molecule has 0 radical (unpaired) electrons. The summed E-state index contributed by atoms with van der Waals surface area (Å²) in [5, 5.41) is 3.53. The Morgan fingerprint density at radius 2 is 1.89 bits per heavy atom. The third kappa shape index (κ3) is 4.00. The second-order valence-corrected chi connectivity index (χ2v) is 5.38. The van der Waals surface area contributed by atoms with Crippen molar-refractivity contribution < 1.29 is 0 Å². The highest BCUT2D eigenvalue weighted by molar-refractivity contribution is 5.73. The van der Waals surface area contributed by atoms with Gasteiger partial charge < -0.3 is 5.32 Å². The minimum atomic E-state index is 0.517. The lowest BCUT2D eigenvalue weighted by atomic mass is 10.0. The molecule has 2 unspecified atom stereocenters. The van der Waals surface area contributed by atoms with E-state index in [0.29, 0.717) is 6.04 Å². The zero-order chi connectivity index (χ0) is 13.7. The standard InChI is InChI=1S/C16H23N3/c1-4-12(2)9-13(3)17-10-14-11-18-15-7-5-6-8-16(15)19-14/h5-8,11-13,17H,4,9-10H2,1-3H3. The number of nitrogens with zero attached hydrogens (tertiary/aromatic N) is 2. The fraction of sp³-hybridized carbons (Fsp3) is 0.500. The van der Waals surface area contributed by atoms with Crippen LogP contribution in [-0.2, 0) is 6.54 Å². The maximum absolute atomic E-state index is 4.62. The predicted octanol–water partition coefficient (Wildman–Crippen LogP) is 3.54. The quantitative estimate of drug-likeness (QED) is 0.860. The summed E-state index contributed by atoms with van der Waals surface area (Å²) in [6.07, 6.45) is 4.31. The molecule has 2 atom stereocenters. The van der Waals surface area contributed by atoms with Gasteiger partial charge in [-0.1, -0.05) is 32.4 Å². The van der Waals surface area contributed by atoms with Crippen LogP contribution in [0.25, 0.3) is 11.0 Å².